The lowest BCUT2D eigenvalue weighted by Gasteiger charge is -2.26. The summed E-state index contributed by atoms with van der Waals surface area (Å²) in [6.07, 6.45) is 12.5. The molecule has 0 spiro atoms. The Labute approximate surface area is 148 Å². The fourth-order valence-electron chi connectivity index (χ4n) is 3.02. The number of benzene rings is 2. The van der Waals surface area contributed by atoms with Crippen LogP contribution in [0.5, 0.6) is 0 Å². The highest BCUT2D eigenvalue weighted by Crippen LogP contribution is 2.35. The summed E-state index contributed by atoms with van der Waals surface area (Å²) in [7, 11) is 3.38. The number of rotatable bonds is 4. The van der Waals surface area contributed by atoms with E-state index in [0.717, 1.165) is 11.4 Å². The molecule has 2 aromatic carbocycles. The van der Waals surface area contributed by atoms with Gasteiger partial charge in [-0.05, 0) is 23.8 Å². The number of hydrogen-bond donors (Lipinski definition) is 0. The lowest BCUT2D eigenvalue weighted by Crippen LogP contribution is -2.16. The van der Waals surface area contributed by atoms with Gasteiger partial charge in [0.1, 0.15) is 0 Å². The van der Waals surface area contributed by atoms with E-state index in [0.29, 0.717) is 5.56 Å². The quantitative estimate of drug-likeness (QED) is 0.738. The third kappa shape index (κ3) is 3.56. The predicted molar refractivity (Wildman–Crippen MR) is 102 cm³/mol. The summed E-state index contributed by atoms with van der Waals surface area (Å²) in [5.74, 6) is -0.155. The Balaban J connectivity index is 2.05. The number of methoxy groups -OCH3 is 1. The maximum Gasteiger partial charge on any atom is 0.339 e. The smallest absolute Gasteiger partial charge is 0.339 e. The van der Waals surface area contributed by atoms with Gasteiger partial charge in [0, 0.05) is 18.7 Å². The van der Waals surface area contributed by atoms with Crippen molar-refractivity contribution in [2.45, 2.75) is 5.92 Å². The van der Waals surface area contributed by atoms with Crippen molar-refractivity contribution >= 4 is 17.3 Å². The van der Waals surface area contributed by atoms with Crippen molar-refractivity contribution in [2.24, 2.45) is 0 Å². The average Bonchev–Trinajstić information content (AvgIpc) is 2.96. The van der Waals surface area contributed by atoms with Crippen LogP contribution >= 0.6 is 0 Å². The van der Waals surface area contributed by atoms with Crippen LogP contribution in [-0.2, 0) is 4.74 Å². The molecule has 0 aromatic heterocycles. The van der Waals surface area contributed by atoms with Gasteiger partial charge in [-0.15, -0.1) is 0 Å². The van der Waals surface area contributed by atoms with E-state index in [9.17, 15) is 4.79 Å². The van der Waals surface area contributed by atoms with Gasteiger partial charge >= 0.3 is 5.97 Å². The Bertz CT molecular complexity index is 833. The Morgan fingerprint density at radius 2 is 1.48 bits per heavy atom. The molecular weight excluding hydrogens is 310 g/mol. The van der Waals surface area contributed by atoms with Gasteiger partial charge in [-0.2, -0.15) is 0 Å². The van der Waals surface area contributed by atoms with Crippen LogP contribution in [0.25, 0.3) is 0 Å². The highest BCUT2D eigenvalue weighted by molar-refractivity contribution is 5.97. The van der Waals surface area contributed by atoms with Crippen LogP contribution in [0.4, 0.5) is 11.4 Å². The molecule has 126 valence electrons. The van der Waals surface area contributed by atoms with Crippen LogP contribution in [0.1, 0.15) is 21.8 Å². The molecule has 1 aliphatic rings. The van der Waals surface area contributed by atoms with Gasteiger partial charge in [0.25, 0.3) is 0 Å². The Hall–Kier alpha value is -3.07. The van der Waals surface area contributed by atoms with Crippen molar-refractivity contribution in [1.82, 2.24) is 0 Å². The fraction of sp³-hybridized carbons (Fsp3) is 0.136. The molecule has 0 N–H and O–H groups in total. The molecule has 0 amide bonds. The molecule has 0 bridgehead atoms. The van der Waals surface area contributed by atoms with Crippen molar-refractivity contribution in [1.29, 1.82) is 0 Å². The molecule has 0 saturated carbocycles. The molecule has 1 aliphatic carbocycles. The summed E-state index contributed by atoms with van der Waals surface area (Å²) >= 11 is 0. The van der Waals surface area contributed by atoms with Crippen LogP contribution < -0.4 is 4.90 Å². The molecule has 25 heavy (non-hydrogen) atoms. The SMILES string of the molecule is COC(=O)c1ccccc1N(C)c1ccccc1C1C=CC=CC=C1. The van der Waals surface area contributed by atoms with Gasteiger partial charge < -0.3 is 9.64 Å². The number of allylic oxidation sites excluding steroid dienone is 6. The molecule has 0 radical (unpaired) electrons. The monoisotopic (exact) mass is 331 g/mol. The van der Waals surface area contributed by atoms with Crippen LogP contribution in [0.2, 0.25) is 0 Å². The van der Waals surface area contributed by atoms with E-state index in [1.54, 1.807) is 6.07 Å². The zero-order valence-electron chi connectivity index (χ0n) is 14.4. The first kappa shape index (κ1) is 16.8. The number of nitrogens with zero attached hydrogens (tertiary/aromatic N) is 1. The summed E-state index contributed by atoms with van der Waals surface area (Å²) in [5.41, 5.74) is 3.61. The third-order valence-electron chi connectivity index (χ3n) is 4.30. The minimum Gasteiger partial charge on any atom is -0.465 e. The second-order valence-corrected chi connectivity index (χ2v) is 5.81. The Kier molecular flexibility index (Phi) is 5.14. The van der Waals surface area contributed by atoms with Crippen LogP contribution in [0.3, 0.4) is 0 Å². The number of ether oxygens (including phenoxy) is 1. The van der Waals surface area contributed by atoms with Gasteiger partial charge in [-0.1, -0.05) is 66.8 Å². The lowest BCUT2D eigenvalue weighted by molar-refractivity contribution is 0.0601. The van der Waals surface area contributed by atoms with Gasteiger partial charge in [-0.3, -0.25) is 0 Å². The molecule has 3 rings (SSSR count). The topological polar surface area (TPSA) is 29.5 Å². The van der Waals surface area contributed by atoms with E-state index >= 15 is 0 Å². The third-order valence-corrected chi connectivity index (χ3v) is 4.30. The molecule has 0 unspecified atom stereocenters. The van der Waals surface area contributed by atoms with Crippen molar-refractivity contribution in [3.05, 3.63) is 96.1 Å². The number of esters is 1. The van der Waals surface area contributed by atoms with E-state index in [1.807, 2.05) is 54.4 Å². The highest BCUT2D eigenvalue weighted by Gasteiger charge is 2.19. The molecule has 3 heteroatoms. The number of carbonyl (C=O) groups is 1. The maximum atomic E-state index is 12.1. The van der Waals surface area contributed by atoms with E-state index in [2.05, 4.69) is 36.4 Å². The molecular formula is C22H21NO2. The molecule has 0 saturated heterocycles. The van der Waals surface area contributed by atoms with Crippen molar-refractivity contribution < 1.29 is 9.53 Å². The summed E-state index contributed by atoms with van der Waals surface area (Å²) in [6, 6.07) is 15.7. The first-order chi connectivity index (χ1) is 12.2. The van der Waals surface area contributed by atoms with Crippen molar-refractivity contribution in [3.8, 4) is 0 Å². The second-order valence-electron chi connectivity index (χ2n) is 5.81. The Morgan fingerprint density at radius 3 is 2.16 bits per heavy atom. The van der Waals surface area contributed by atoms with E-state index in [-0.39, 0.29) is 11.9 Å². The zero-order valence-corrected chi connectivity index (χ0v) is 14.4. The summed E-state index contributed by atoms with van der Waals surface area (Å²) in [4.78, 5) is 14.2. The van der Waals surface area contributed by atoms with Gasteiger partial charge in [0.15, 0.2) is 0 Å². The average molecular weight is 331 g/mol. The van der Waals surface area contributed by atoms with Crippen LogP contribution in [-0.4, -0.2) is 20.1 Å². The van der Waals surface area contributed by atoms with Gasteiger partial charge in [-0.25, -0.2) is 4.79 Å². The molecule has 3 nitrogen and oxygen atoms in total. The minimum atomic E-state index is -0.335. The van der Waals surface area contributed by atoms with Crippen molar-refractivity contribution in [2.75, 3.05) is 19.1 Å². The number of hydrogen-bond acceptors (Lipinski definition) is 3. The lowest BCUT2D eigenvalue weighted by atomic mass is 9.95. The largest absolute Gasteiger partial charge is 0.465 e. The van der Waals surface area contributed by atoms with Crippen LogP contribution in [0, 0.1) is 0 Å². The minimum absolute atomic E-state index is 0.180. The van der Waals surface area contributed by atoms with E-state index < -0.39 is 0 Å². The molecule has 0 heterocycles. The Morgan fingerprint density at radius 1 is 0.880 bits per heavy atom. The predicted octanol–water partition coefficient (Wildman–Crippen LogP) is 5.01. The first-order valence-electron chi connectivity index (χ1n) is 8.24. The molecule has 0 aliphatic heterocycles. The maximum absolute atomic E-state index is 12.1. The summed E-state index contributed by atoms with van der Waals surface area (Å²) in [5, 5.41) is 0. The van der Waals surface area contributed by atoms with E-state index in [4.69, 9.17) is 4.74 Å². The second kappa shape index (κ2) is 7.67. The summed E-state index contributed by atoms with van der Waals surface area (Å²) < 4.78 is 4.93. The van der Waals surface area contributed by atoms with E-state index in [1.165, 1.54) is 12.7 Å². The zero-order chi connectivity index (χ0) is 17.6. The normalized spacial score (nSPS) is 13.5. The number of para-hydroxylation sites is 2. The summed E-state index contributed by atoms with van der Waals surface area (Å²) in [6.45, 7) is 0. The highest BCUT2D eigenvalue weighted by atomic mass is 16.5. The first-order valence-corrected chi connectivity index (χ1v) is 8.24. The van der Waals surface area contributed by atoms with Crippen molar-refractivity contribution in [3.63, 3.8) is 0 Å². The van der Waals surface area contributed by atoms with Gasteiger partial charge in [0.05, 0.1) is 18.4 Å². The fourth-order valence-corrected chi connectivity index (χ4v) is 3.02. The standard InChI is InChI=1S/C22H21NO2/c1-23(21-16-10-8-14-19(21)22(24)25-2)20-15-9-7-13-18(20)17-11-5-3-4-6-12-17/h3-17H,1-2H3. The van der Waals surface area contributed by atoms with Gasteiger partial charge in [0.2, 0.25) is 0 Å². The van der Waals surface area contributed by atoms with Crippen LogP contribution in [0.15, 0.2) is 85.0 Å². The molecule has 2 aromatic rings. The number of carbonyl (C=O) groups excluding carboxylic acids is 1. The number of anilines is 2. The molecule has 0 atom stereocenters. The molecule has 0 fully saturated rings.